The first-order valence-electron chi connectivity index (χ1n) is 9.95. The summed E-state index contributed by atoms with van der Waals surface area (Å²) in [5.41, 5.74) is -0.879. The Bertz CT molecular complexity index is 479. The number of ether oxygens (including phenoxy) is 1. The van der Waals surface area contributed by atoms with E-state index in [-0.39, 0.29) is 18.3 Å². The van der Waals surface area contributed by atoms with Crippen molar-refractivity contribution in [3.05, 3.63) is 0 Å². The summed E-state index contributed by atoms with van der Waals surface area (Å²) in [7, 11) is -3.99. The minimum absolute atomic E-state index is 0.185. The van der Waals surface area contributed by atoms with Crippen molar-refractivity contribution >= 4 is 21.9 Å². The number of rotatable bonds is 13. The van der Waals surface area contributed by atoms with E-state index in [0.717, 1.165) is 12.8 Å². The molecule has 0 aromatic rings. The van der Waals surface area contributed by atoms with Gasteiger partial charge in [-0.2, -0.15) is 0 Å². The molecule has 0 saturated heterocycles. The van der Waals surface area contributed by atoms with Gasteiger partial charge in [0.05, 0.1) is 20.3 Å². The highest BCUT2D eigenvalue weighted by atomic mass is 31.2. The Morgan fingerprint density at radius 1 is 1.07 bits per heavy atom. The number of hydrogen-bond acceptors (Lipinski definition) is 6. The van der Waals surface area contributed by atoms with Crippen molar-refractivity contribution in [2.24, 2.45) is 5.92 Å². The van der Waals surface area contributed by atoms with Crippen LogP contribution in [-0.4, -0.2) is 46.9 Å². The molecule has 162 valence electrons. The van der Waals surface area contributed by atoms with Crippen LogP contribution in [0.15, 0.2) is 0 Å². The second kappa shape index (κ2) is 11.7. The number of methoxy groups -OCH3 is 1. The summed E-state index contributed by atoms with van der Waals surface area (Å²) < 4.78 is 34.8. The predicted octanol–water partition coefficient (Wildman–Crippen LogP) is 5.62. The van der Waals surface area contributed by atoms with Crippen LogP contribution in [-0.2, 0) is 27.6 Å². The topological polar surface area (TPSA) is 71.1 Å². The molecule has 0 fully saturated rings. The van der Waals surface area contributed by atoms with E-state index in [1.54, 1.807) is 13.8 Å². The fraction of sp³-hybridized carbons (Fsp3) is 0.947. The zero-order chi connectivity index (χ0) is 21.3. The quantitative estimate of drug-likeness (QED) is 0.217. The van der Waals surface area contributed by atoms with Crippen molar-refractivity contribution in [1.82, 2.24) is 0 Å². The molecule has 0 amide bonds. The molecule has 6 nitrogen and oxygen atoms in total. The van der Waals surface area contributed by atoms with Gasteiger partial charge >= 0.3 is 13.6 Å². The van der Waals surface area contributed by atoms with Gasteiger partial charge < -0.3 is 18.2 Å². The molecule has 0 spiro atoms. The first-order valence-corrected chi connectivity index (χ1v) is 14.5. The van der Waals surface area contributed by atoms with Crippen molar-refractivity contribution in [3.63, 3.8) is 0 Å². The maximum atomic E-state index is 13.0. The molecule has 0 bridgehead atoms. The predicted molar refractivity (Wildman–Crippen MR) is 113 cm³/mol. The molecule has 0 aromatic carbocycles. The van der Waals surface area contributed by atoms with Crippen LogP contribution in [0.5, 0.6) is 0 Å². The number of carbonyl (C=O) groups is 1. The van der Waals surface area contributed by atoms with E-state index in [2.05, 4.69) is 40.8 Å². The fourth-order valence-corrected chi connectivity index (χ4v) is 5.58. The average Bonchev–Trinajstić information content (AvgIpc) is 2.55. The van der Waals surface area contributed by atoms with Crippen molar-refractivity contribution in [2.45, 2.75) is 84.6 Å². The van der Waals surface area contributed by atoms with Crippen molar-refractivity contribution in [2.75, 3.05) is 26.9 Å². The average molecular weight is 425 g/mol. The lowest BCUT2D eigenvalue weighted by atomic mass is 10.0. The van der Waals surface area contributed by atoms with Crippen molar-refractivity contribution < 1.29 is 27.6 Å². The normalized spacial score (nSPS) is 15.4. The van der Waals surface area contributed by atoms with E-state index in [1.165, 1.54) is 7.11 Å². The Hall–Kier alpha value is -0.203. The summed E-state index contributed by atoms with van der Waals surface area (Å²) in [4.78, 5) is 12.2. The molecule has 0 saturated carbocycles. The summed E-state index contributed by atoms with van der Waals surface area (Å²) in [6, 6.07) is 0. The smallest absolute Gasteiger partial charge is 0.344 e. The fourth-order valence-electron chi connectivity index (χ4n) is 2.43. The molecular weight excluding hydrogens is 383 g/mol. The molecule has 2 atom stereocenters. The van der Waals surface area contributed by atoms with E-state index in [9.17, 15) is 9.36 Å². The van der Waals surface area contributed by atoms with Crippen LogP contribution in [0.3, 0.4) is 0 Å². The third kappa shape index (κ3) is 8.78. The molecule has 0 aromatic heterocycles. The highest BCUT2D eigenvalue weighted by Gasteiger charge is 2.41. The monoisotopic (exact) mass is 424 g/mol. The van der Waals surface area contributed by atoms with Gasteiger partial charge in [-0.1, -0.05) is 34.1 Å². The lowest BCUT2D eigenvalue weighted by Crippen LogP contribution is -2.41. The third-order valence-corrected chi connectivity index (χ3v) is 12.2. The molecule has 27 heavy (non-hydrogen) atoms. The van der Waals surface area contributed by atoms with Gasteiger partial charge in [0.1, 0.15) is 0 Å². The van der Waals surface area contributed by atoms with Gasteiger partial charge in [0.15, 0.2) is 14.0 Å². The minimum atomic E-state index is -3.53. The maximum absolute atomic E-state index is 13.0. The van der Waals surface area contributed by atoms with E-state index in [0.29, 0.717) is 18.9 Å². The van der Waals surface area contributed by atoms with Crippen molar-refractivity contribution in [3.8, 4) is 0 Å². The summed E-state index contributed by atoms with van der Waals surface area (Å²) in [6.07, 6.45) is 2.01. The minimum Gasteiger partial charge on any atom is -0.468 e. The van der Waals surface area contributed by atoms with Crippen LogP contribution < -0.4 is 0 Å². The first kappa shape index (κ1) is 26.8. The van der Waals surface area contributed by atoms with E-state index in [1.807, 2.05) is 0 Å². The highest BCUT2D eigenvalue weighted by molar-refractivity contribution is 7.55. The van der Waals surface area contributed by atoms with E-state index < -0.39 is 27.5 Å². The largest absolute Gasteiger partial charge is 0.468 e. The zero-order valence-corrected chi connectivity index (χ0v) is 20.7. The van der Waals surface area contributed by atoms with E-state index >= 15 is 0 Å². The Morgan fingerprint density at radius 3 is 2.00 bits per heavy atom. The summed E-state index contributed by atoms with van der Waals surface area (Å²) in [5, 5.41) is 0.185. The Labute approximate surface area is 167 Å². The van der Waals surface area contributed by atoms with Gasteiger partial charge in [0.2, 0.25) is 0 Å². The third-order valence-electron chi connectivity index (χ3n) is 5.18. The second-order valence-electron chi connectivity index (χ2n) is 8.52. The lowest BCUT2D eigenvalue weighted by Gasteiger charge is -2.37. The summed E-state index contributed by atoms with van der Waals surface area (Å²) in [5.74, 6) is -0.179. The second-order valence-corrected chi connectivity index (χ2v) is 15.6. The van der Waals surface area contributed by atoms with Gasteiger partial charge in [0.25, 0.3) is 0 Å². The van der Waals surface area contributed by atoms with Crippen LogP contribution in [0.1, 0.15) is 60.8 Å². The number of carbonyl (C=O) groups excluding carboxylic acids is 1. The van der Waals surface area contributed by atoms with Crippen LogP contribution in [0.2, 0.25) is 18.1 Å². The van der Waals surface area contributed by atoms with Crippen LogP contribution in [0.25, 0.3) is 0 Å². The molecular formula is C19H41O6PSi. The van der Waals surface area contributed by atoms with E-state index in [4.69, 9.17) is 18.2 Å². The molecule has 0 aliphatic heterocycles. The number of esters is 1. The lowest BCUT2D eigenvalue weighted by molar-refractivity contribution is -0.140. The molecule has 0 heterocycles. The summed E-state index contributed by atoms with van der Waals surface area (Å²) in [6.45, 7) is 17.9. The van der Waals surface area contributed by atoms with Crippen molar-refractivity contribution in [1.29, 1.82) is 0 Å². The molecule has 0 rings (SSSR count). The van der Waals surface area contributed by atoms with Gasteiger partial charge in [-0.3, -0.25) is 9.36 Å². The van der Waals surface area contributed by atoms with Gasteiger partial charge in [-0.25, -0.2) is 0 Å². The van der Waals surface area contributed by atoms with Crippen LogP contribution in [0.4, 0.5) is 0 Å². The standard InChI is InChI=1S/C19H41O6PSi/c1-10-23-26(21,24-11-2)17(18(20)22-7)14-12-13-16(3)15-25-27(8,9)19(4,5)6/h16-17H,10-15H2,1-9H3/t16-,17?/m0/s1. The Morgan fingerprint density at radius 2 is 1.59 bits per heavy atom. The SMILES string of the molecule is CCOP(=O)(OCC)C(CCC[C@H](C)CO[Si](C)(C)C(C)(C)C)C(=O)OC. The first-order chi connectivity index (χ1) is 12.3. The zero-order valence-electron chi connectivity index (χ0n) is 18.8. The number of hydrogen-bond donors (Lipinski definition) is 0. The maximum Gasteiger partial charge on any atom is 0.344 e. The van der Waals surface area contributed by atoms with Crippen LogP contribution in [0, 0.1) is 5.92 Å². The Balaban J connectivity index is 4.78. The summed E-state index contributed by atoms with van der Waals surface area (Å²) >= 11 is 0. The Kier molecular flexibility index (Phi) is 11.6. The van der Waals surface area contributed by atoms with Crippen LogP contribution >= 0.6 is 7.60 Å². The molecule has 0 N–H and O–H groups in total. The van der Waals surface area contributed by atoms with Gasteiger partial charge in [0, 0.05) is 6.61 Å². The molecule has 0 aliphatic carbocycles. The van der Waals surface area contributed by atoms with Gasteiger partial charge in [-0.05, 0) is 50.7 Å². The molecule has 8 heteroatoms. The molecule has 1 unspecified atom stereocenters. The molecule has 0 radical (unpaired) electrons. The molecule has 0 aliphatic rings. The highest BCUT2D eigenvalue weighted by Crippen LogP contribution is 2.55. The van der Waals surface area contributed by atoms with Gasteiger partial charge in [-0.15, -0.1) is 0 Å².